The van der Waals surface area contributed by atoms with Gasteiger partial charge in [-0.1, -0.05) is 0 Å². The molecule has 1 unspecified atom stereocenters. The maximum absolute atomic E-state index is 5.28. The molecule has 1 aromatic carbocycles. The van der Waals surface area contributed by atoms with Crippen LogP contribution in [-0.2, 0) is 4.74 Å². The van der Waals surface area contributed by atoms with Gasteiger partial charge in [-0.2, -0.15) is 9.61 Å². The van der Waals surface area contributed by atoms with Gasteiger partial charge < -0.3 is 19.3 Å². The van der Waals surface area contributed by atoms with Crippen LogP contribution < -0.4 is 9.64 Å². The van der Waals surface area contributed by atoms with Gasteiger partial charge in [0.25, 0.3) is 0 Å². The fraction of sp³-hybridized carbons (Fsp3) is 0.500. The average molecular weight is 411 g/mol. The number of anilines is 1. The Morgan fingerprint density at radius 3 is 2.80 bits per heavy atom. The van der Waals surface area contributed by atoms with E-state index in [0.717, 1.165) is 61.1 Å². The Morgan fingerprint density at radius 1 is 1.20 bits per heavy atom. The lowest BCUT2D eigenvalue weighted by molar-refractivity contribution is 0.116. The molecule has 2 aromatic heterocycles. The van der Waals surface area contributed by atoms with Crippen molar-refractivity contribution in [2.45, 2.75) is 12.8 Å². The first-order valence-corrected chi connectivity index (χ1v) is 10.5. The molecule has 1 saturated heterocycles. The van der Waals surface area contributed by atoms with Gasteiger partial charge >= 0.3 is 0 Å². The molecule has 3 heterocycles. The standard InChI is InChI=1S/C22H30N6O2/c1-26(14-17-5-4-10-27(15-17)11-12-29-2)21-13-20(25-28-16-23-24-22(21)28)18-6-8-19(30-3)9-7-18/h6-9,13,16-17H,4-5,10-12,14-15H2,1-3H3. The first kappa shape index (κ1) is 20.6. The van der Waals surface area contributed by atoms with Crippen molar-refractivity contribution >= 4 is 11.3 Å². The summed E-state index contributed by atoms with van der Waals surface area (Å²) in [5.74, 6) is 1.44. The zero-order chi connectivity index (χ0) is 20.9. The van der Waals surface area contributed by atoms with Gasteiger partial charge in [0.1, 0.15) is 12.1 Å². The SMILES string of the molecule is COCCN1CCCC(CN(C)c2cc(-c3ccc(OC)cc3)nn3cnnc23)C1. The molecule has 30 heavy (non-hydrogen) atoms. The molecule has 0 spiro atoms. The predicted octanol–water partition coefficient (Wildman–Crippen LogP) is 2.59. The summed E-state index contributed by atoms with van der Waals surface area (Å²) < 4.78 is 12.3. The van der Waals surface area contributed by atoms with Crippen molar-refractivity contribution in [3.63, 3.8) is 0 Å². The summed E-state index contributed by atoms with van der Waals surface area (Å²) in [5, 5.41) is 13.1. The Morgan fingerprint density at radius 2 is 2.03 bits per heavy atom. The zero-order valence-corrected chi connectivity index (χ0v) is 18.0. The van der Waals surface area contributed by atoms with Crippen molar-refractivity contribution < 1.29 is 9.47 Å². The monoisotopic (exact) mass is 410 g/mol. The van der Waals surface area contributed by atoms with Gasteiger partial charge in [-0.25, -0.2) is 0 Å². The first-order chi connectivity index (χ1) is 14.7. The number of nitrogens with zero attached hydrogens (tertiary/aromatic N) is 6. The Labute approximate surface area is 177 Å². The van der Waals surface area contributed by atoms with Crippen LogP contribution in [0.2, 0.25) is 0 Å². The van der Waals surface area contributed by atoms with Crippen molar-refractivity contribution in [1.82, 2.24) is 24.7 Å². The fourth-order valence-electron chi connectivity index (χ4n) is 4.20. The number of methoxy groups -OCH3 is 2. The highest BCUT2D eigenvalue weighted by molar-refractivity contribution is 5.74. The second kappa shape index (κ2) is 9.40. The van der Waals surface area contributed by atoms with Crippen LogP contribution in [0, 0.1) is 5.92 Å². The Hall–Kier alpha value is -2.71. The third-order valence-corrected chi connectivity index (χ3v) is 5.79. The molecule has 0 amide bonds. The smallest absolute Gasteiger partial charge is 0.200 e. The molecule has 0 radical (unpaired) electrons. The van der Waals surface area contributed by atoms with Crippen LogP contribution >= 0.6 is 0 Å². The van der Waals surface area contributed by atoms with Gasteiger partial charge in [-0.15, -0.1) is 10.2 Å². The number of rotatable bonds is 8. The van der Waals surface area contributed by atoms with E-state index in [1.165, 1.54) is 12.8 Å². The van der Waals surface area contributed by atoms with Gasteiger partial charge in [0.2, 0.25) is 5.65 Å². The van der Waals surface area contributed by atoms with Gasteiger partial charge in [0, 0.05) is 39.4 Å². The molecule has 4 rings (SSSR count). The molecule has 160 valence electrons. The van der Waals surface area contributed by atoms with Crippen LogP contribution in [0.5, 0.6) is 5.75 Å². The second-order valence-corrected chi connectivity index (χ2v) is 7.92. The Kier molecular flexibility index (Phi) is 6.44. The molecule has 0 bridgehead atoms. The normalized spacial score (nSPS) is 17.4. The number of likely N-dealkylation sites (tertiary alicyclic amines) is 1. The third kappa shape index (κ3) is 4.55. The Balaban J connectivity index is 1.55. The van der Waals surface area contributed by atoms with Gasteiger partial charge in [0.05, 0.1) is 25.1 Å². The van der Waals surface area contributed by atoms with Crippen molar-refractivity contribution in [2.24, 2.45) is 5.92 Å². The topological polar surface area (TPSA) is 68.0 Å². The summed E-state index contributed by atoms with van der Waals surface area (Å²) in [7, 11) is 5.57. The van der Waals surface area contributed by atoms with Crippen LogP contribution in [0.25, 0.3) is 16.9 Å². The number of hydrogen-bond acceptors (Lipinski definition) is 7. The molecular weight excluding hydrogens is 380 g/mol. The number of fused-ring (bicyclic) bond motifs is 1. The minimum Gasteiger partial charge on any atom is -0.497 e. The zero-order valence-electron chi connectivity index (χ0n) is 18.0. The molecule has 1 fully saturated rings. The number of aromatic nitrogens is 4. The third-order valence-electron chi connectivity index (χ3n) is 5.79. The lowest BCUT2D eigenvalue weighted by Crippen LogP contribution is -2.41. The number of piperidine rings is 1. The molecule has 8 heteroatoms. The average Bonchev–Trinajstić information content (AvgIpc) is 3.26. The second-order valence-electron chi connectivity index (χ2n) is 7.92. The molecule has 8 nitrogen and oxygen atoms in total. The minimum absolute atomic E-state index is 0.612. The van der Waals surface area contributed by atoms with E-state index < -0.39 is 0 Å². The number of hydrogen-bond donors (Lipinski definition) is 0. The van der Waals surface area contributed by atoms with Gasteiger partial charge in [-0.3, -0.25) is 0 Å². The summed E-state index contributed by atoms with van der Waals surface area (Å²) in [6.45, 7) is 5.03. The predicted molar refractivity (Wildman–Crippen MR) is 117 cm³/mol. The molecule has 0 N–H and O–H groups in total. The highest BCUT2D eigenvalue weighted by Crippen LogP contribution is 2.28. The van der Waals surface area contributed by atoms with Crippen LogP contribution in [0.15, 0.2) is 36.7 Å². The molecular formula is C22H30N6O2. The van der Waals surface area contributed by atoms with E-state index in [1.807, 2.05) is 24.3 Å². The van der Waals surface area contributed by atoms with E-state index >= 15 is 0 Å². The van der Waals surface area contributed by atoms with Crippen LogP contribution in [0.1, 0.15) is 12.8 Å². The van der Waals surface area contributed by atoms with Crippen molar-refractivity contribution in [2.75, 3.05) is 59.0 Å². The van der Waals surface area contributed by atoms with E-state index in [1.54, 1.807) is 25.1 Å². The largest absolute Gasteiger partial charge is 0.497 e. The lowest BCUT2D eigenvalue weighted by atomic mass is 9.97. The van der Waals surface area contributed by atoms with Gasteiger partial charge in [0.15, 0.2) is 0 Å². The maximum Gasteiger partial charge on any atom is 0.200 e. The first-order valence-electron chi connectivity index (χ1n) is 10.5. The van der Waals surface area contributed by atoms with Crippen LogP contribution in [0.3, 0.4) is 0 Å². The van der Waals surface area contributed by atoms with E-state index in [9.17, 15) is 0 Å². The molecule has 0 aliphatic carbocycles. The maximum atomic E-state index is 5.28. The van der Waals surface area contributed by atoms with Crippen LogP contribution in [0.4, 0.5) is 5.69 Å². The summed E-state index contributed by atoms with van der Waals surface area (Å²) in [4.78, 5) is 4.80. The molecule has 1 aliphatic heterocycles. The molecule has 1 aliphatic rings. The van der Waals surface area contributed by atoms with Crippen LogP contribution in [-0.4, -0.2) is 78.8 Å². The highest BCUT2D eigenvalue weighted by Gasteiger charge is 2.22. The lowest BCUT2D eigenvalue weighted by Gasteiger charge is -2.35. The summed E-state index contributed by atoms with van der Waals surface area (Å²) in [6, 6.07) is 10.1. The van der Waals surface area contributed by atoms with E-state index in [2.05, 4.69) is 33.1 Å². The summed E-state index contributed by atoms with van der Waals surface area (Å²) in [6.07, 6.45) is 4.13. The van der Waals surface area contributed by atoms with E-state index in [-0.39, 0.29) is 0 Å². The molecule has 3 aromatic rings. The highest BCUT2D eigenvalue weighted by atomic mass is 16.5. The minimum atomic E-state index is 0.612. The van der Waals surface area contributed by atoms with Crippen molar-refractivity contribution in [1.29, 1.82) is 0 Å². The van der Waals surface area contributed by atoms with Gasteiger partial charge in [-0.05, 0) is 55.6 Å². The van der Waals surface area contributed by atoms with Crippen molar-refractivity contribution in [3.8, 4) is 17.0 Å². The van der Waals surface area contributed by atoms with E-state index in [0.29, 0.717) is 5.92 Å². The number of ether oxygens (including phenoxy) is 2. The number of benzene rings is 1. The van der Waals surface area contributed by atoms with E-state index in [4.69, 9.17) is 14.6 Å². The molecule has 0 saturated carbocycles. The summed E-state index contributed by atoms with van der Waals surface area (Å²) in [5.41, 5.74) is 3.74. The quantitative estimate of drug-likeness (QED) is 0.565. The summed E-state index contributed by atoms with van der Waals surface area (Å²) >= 11 is 0. The Bertz CT molecular complexity index is 958. The van der Waals surface area contributed by atoms with Crippen molar-refractivity contribution in [3.05, 3.63) is 36.7 Å². The fourth-order valence-corrected chi connectivity index (χ4v) is 4.20. The molecule has 1 atom stereocenters.